The van der Waals surface area contributed by atoms with Crippen LogP contribution in [0, 0.1) is 5.82 Å². The maximum Gasteiger partial charge on any atom is 0.258 e. The van der Waals surface area contributed by atoms with Crippen molar-refractivity contribution in [2.24, 2.45) is 0 Å². The molecule has 0 aromatic heterocycles. The van der Waals surface area contributed by atoms with E-state index in [2.05, 4.69) is 5.32 Å². The summed E-state index contributed by atoms with van der Waals surface area (Å²) in [5, 5.41) is 2.49. The first-order chi connectivity index (χ1) is 15.1. The zero-order valence-electron chi connectivity index (χ0n) is 16.9. The molecule has 3 aromatic rings. The van der Waals surface area contributed by atoms with E-state index in [1.165, 1.54) is 30.0 Å². The summed E-state index contributed by atoms with van der Waals surface area (Å²) in [6, 6.07) is 20.5. The number of hydrogen-bond donors (Lipinski definition) is 1. The topological polar surface area (TPSA) is 58.6 Å². The zero-order valence-corrected chi connectivity index (χ0v) is 17.7. The van der Waals surface area contributed by atoms with E-state index in [4.69, 9.17) is 4.74 Å². The van der Waals surface area contributed by atoms with E-state index in [1.54, 1.807) is 23.1 Å². The van der Waals surface area contributed by atoms with Crippen molar-refractivity contribution in [1.82, 2.24) is 0 Å². The molecule has 3 aromatic carbocycles. The standard InChI is InChI=1S/C24H21FN2O3S/c1-2-30-17-13-11-16(12-14-17)27-22(28)15-31-24(27)19-8-4-6-10-21(19)26-23(29)18-7-3-5-9-20(18)25/h3-14,24H,2,15H2,1H3,(H,26,29). The van der Waals surface area contributed by atoms with Crippen LogP contribution in [0.4, 0.5) is 15.8 Å². The van der Waals surface area contributed by atoms with E-state index in [-0.39, 0.29) is 16.8 Å². The first-order valence-electron chi connectivity index (χ1n) is 9.90. The van der Waals surface area contributed by atoms with E-state index >= 15 is 0 Å². The summed E-state index contributed by atoms with van der Waals surface area (Å²) in [6.07, 6.45) is 0. The molecule has 1 heterocycles. The molecule has 4 rings (SSSR count). The molecule has 0 saturated carbocycles. The second kappa shape index (κ2) is 9.22. The van der Waals surface area contributed by atoms with Gasteiger partial charge in [-0.25, -0.2) is 4.39 Å². The smallest absolute Gasteiger partial charge is 0.258 e. The number of nitrogens with zero attached hydrogens (tertiary/aromatic N) is 1. The summed E-state index contributed by atoms with van der Waals surface area (Å²) in [5.74, 6) is -0.0755. The molecular weight excluding hydrogens is 415 g/mol. The highest BCUT2D eigenvalue weighted by Gasteiger charge is 2.35. The third kappa shape index (κ3) is 4.41. The van der Waals surface area contributed by atoms with Crippen molar-refractivity contribution in [3.8, 4) is 5.75 Å². The van der Waals surface area contributed by atoms with Crippen molar-refractivity contribution in [3.05, 3.63) is 89.7 Å². The Morgan fingerprint density at radius 3 is 2.55 bits per heavy atom. The van der Waals surface area contributed by atoms with Gasteiger partial charge in [0.1, 0.15) is 16.9 Å². The van der Waals surface area contributed by atoms with Crippen LogP contribution in [-0.4, -0.2) is 24.2 Å². The number of halogens is 1. The van der Waals surface area contributed by atoms with Gasteiger partial charge in [-0.15, -0.1) is 11.8 Å². The number of anilines is 2. The van der Waals surface area contributed by atoms with Gasteiger partial charge in [-0.3, -0.25) is 14.5 Å². The van der Waals surface area contributed by atoms with E-state index in [1.807, 2.05) is 43.3 Å². The van der Waals surface area contributed by atoms with Gasteiger partial charge in [-0.2, -0.15) is 0 Å². The number of amides is 2. The summed E-state index contributed by atoms with van der Waals surface area (Å²) in [5.41, 5.74) is 2.03. The number of benzene rings is 3. The van der Waals surface area contributed by atoms with Crippen molar-refractivity contribution in [2.45, 2.75) is 12.3 Å². The van der Waals surface area contributed by atoms with Gasteiger partial charge < -0.3 is 10.1 Å². The minimum Gasteiger partial charge on any atom is -0.494 e. The number of ether oxygens (including phenoxy) is 1. The van der Waals surface area contributed by atoms with Crippen molar-refractivity contribution in [3.63, 3.8) is 0 Å². The molecule has 0 spiro atoms. The van der Waals surface area contributed by atoms with Crippen molar-refractivity contribution in [2.75, 3.05) is 22.6 Å². The molecule has 5 nitrogen and oxygen atoms in total. The number of carbonyl (C=O) groups excluding carboxylic acids is 2. The average Bonchev–Trinajstić information content (AvgIpc) is 3.16. The minimum atomic E-state index is -0.584. The summed E-state index contributed by atoms with van der Waals surface area (Å²) in [4.78, 5) is 27.1. The van der Waals surface area contributed by atoms with Crippen LogP contribution in [0.15, 0.2) is 72.8 Å². The van der Waals surface area contributed by atoms with E-state index < -0.39 is 11.7 Å². The second-order valence-electron chi connectivity index (χ2n) is 6.88. The number of hydrogen-bond acceptors (Lipinski definition) is 4. The molecular formula is C24H21FN2O3S. The summed E-state index contributed by atoms with van der Waals surface area (Å²) < 4.78 is 19.5. The first kappa shape index (κ1) is 20.9. The van der Waals surface area contributed by atoms with E-state index in [9.17, 15) is 14.0 Å². The normalized spacial score (nSPS) is 15.7. The Bertz CT molecular complexity index is 1100. The van der Waals surface area contributed by atoms with E-state index in [0.29, 0.717) is 18.0 Å². The van der Waals surface area contributed by atoms with E-state index in [0.717, 1.165) is 17.0 Å². The Hall–Kier alpha value is -3.32. The van der Waals surface area contributed by atoms with Crippen LogP contribution in [0.25, 0.3) is 0 Å². The fraction of sp³-hybridized carbons (Fsp3) is 0.167. The zero-order chi connectivity index (χ0) is 21.8. The van der Waals surface area contributed by atoms with Gasteiger partial charge >= 0.3 is 0 Å². The lowest BCUT2D eigenvalue weighted by Crippen LogP contribution is -2.28. The third-order valence-corrected chi connectivity index (χ3v) is 6.08. The van der Waals surface area contributed by atoms with Crippen LogP contribution in [0.2, 0.25) is 0 Å². The number of carbonyl (C=O) groups is 2. The minimum absolute atomic E-state index is 0.0191. The van der Waals surface area contributed by atoms with Gasteiger partial charge in [0.25, 0.3) is 5.91 Å². The predicted molar refractivity (Wildman–Crippen MR) is 121 cm³/mol. The van der Waals surface area contributed by atoms with Gasteiger partial charge in [0.2, 0.25) is 5.91 Å². The molecule has 1 aliphatic rings. The van der Waals surface area contributed by atoms with Crippen LogP contribution in [0.5, 0.6) is 5.75 Å². The second-order valence-corrected chi connectivity index (χ2v) is 7.94. The van der Waals surface area contributed by atoms with Gasteiger partial charge in [0.15, 0.2) is 0 Å². The molecule has 1 aliphatic heterocycles. The molecule has 1 saturated heterocycles. The lowest BCUT2D eigenvalue weighted by molar-refractivity contribution is -0.115. The average molecular weight is 437 g/mol. The Morgan fingerprint density at radius 1 is 1.10 bits per heavy atom. The maximum absolute atomic E-state index is 14.0. The molecule has 7 heteroatoms. The van der Waals surface area contributed by atoms with Crippen LogP contribution in [-0.2, 0) is 4.79 Å². The molecule has 0 bridgehead atoms. The fourth-order valence-corrected chi connectivity index (χ4v) is 4.68. The highest BCUT2D eigenvalue weighted by molar-refractivity contribution is 8.00. The first-order valence-corrected chi connectivity index (χ1v) is 10.9. The fourth-order valence-electron chi connectivity index (χ4n) is 3.46. The number of thioether (sulfide) groups is 1. The molecule has 1 fully saturated rings. The molecule has 1 unspecified atom stereocenters. The van der Waals surface area contributed by atoms with Gasteiger partial charge in [0, 0.05) is 16.9 Å². The van der Waals surface area contributed by atoms with Crippen LogP contribution < -0.4 is 15.0 Å². The quantitative estimate of drug-likeness (QED) is 0.573. The van der Waals surface area contributed by atoms with Crippen molar-refractivity contribution < 1.29 is 18.7 Å². The highest BCUT2D eigenvalue weighted by Crippen LogP contribution is 2.44. The number of rotatable bonds is 6. The molecule has 0 aliphatic carbocycles. The summed E-state index contributed by atoms with van der Waals surface area (Å²) in [6.45, 7) is 2.48. The lowest BCUT2D eigenvalue weighted by Gasteiger charge is -2.26. The SMILES string of the molecule is CCOc1ccc(N2C(=O)CSC2c2ccccc2NC(=O)c2ccccc2F)cc1. The largest absolute Gasteiger partial charge is 0.494 e. The molecule has 1 atom stereocenters. The molecule has 1 N–H and O–H groups in total. The molecule has 2 amide bonds. The molecule has 0 radical (unpaired) electrons. The summed E-state index contributed by atoms with van der Waals surface area (Å²) in [7, 11) is 0. The Balaban J connectivity index is 1.63. The van der Waals surface area contributed by atoms with Crippen LogP contribution in [0.3, 0.4) is 0 Å². The van der Waals surface area contributed by atoms with Gasteiger partial charge in [0.05, 0.1) is 17.9 Å². The van der Waals surface area contributed by atoms with Crippen LogP contribution in [0.1, 0.15) is 28.2 Å². The van der Waals surface area contributed by atoms with Gasteiger partial charge in [-0.05, 0) is 49.4 Å². The van der Waals surface area contributed by atoms with Crippen molar-refractivity contribution in [1.29, 1.82) is 0 Å². The monoisotopic (exact) mass is 436 g/mol. The van der Waals surface area contributed by atoms with Crippen molar-refractivity contribution >= 4 is 35.0 Å². The third-order valence-electron chi connectivity index (χ3n) is 4.89. The number of nitrogens with one attached hydrogen (secondary N) is 1. The highest BCUT2D eigenvalue weighted by atomic mass is 32.2. The molecule has 31 heavy (non-hydrogen) atoms. The lowest BCUT2D eigenvalue weighted by atomic mass is 10.1. The summed E-state index contributed by atoms with van der Waals surface area (Å²) >= 11 is 1.48. The Morgan fingerprint density at radius 2 is 1.81 bits per heavy atom. The Labute approximate surface area is 184 Å². The maximum atomic E-state index is 14.0. The van der Waals surface area contributed by atoms with Gasteiger partial charge in [-0.1, -0.05) is 30.3 Å². The Kier molecular flexibility index (Phi) is 6.23. The predicted octanol–water partition coefficient (Wildman–Crippen LogP) is 5.26. The molecule has 158 valence electrons. The number of para-hydroxylation sites is 1. The van der Waals surface area contributed by atoms with Crippen LogP contribution >= 0.6 is 11.8 Å².